The zero-order chi connectivity index (χ0) is 19.4. The number of carbonyl (C=O) groups excluding carboxylic acids is 3. The molecular weight excluding hydrogens is 370 g/mol. The van der Waals surface area contributed by atoms with Gasteiger partial charge in [-0.2, -0.15) is 0 Å². The molecule has 1 atom stereocenters. The fourth-order valence-electron chi connectivity index (χ4n) is 2.93. The van der Waals surface area contributed by atoms with Gasteiger partial charge >= 0.3 is 5.97 Å². The molecule has 0 aromatic heterocycles. The Bertz CT molecular complexity index is 868. The summed E-state index contributed by atoms with van der Waals surface area (Å²) >= 11 is 6.02. The Balaban J connectivity index is 1.64. The zero-order valence-corrected chi connectivity index (χ0v) is 15.4. The number of hydrogen-bond donors (Lipinski definition) is 0. The van der Waals surface area contributed by atoms with Crippen LogP contribution < -0.4 is 9.64 Å². The molecule has 27 heavy (non-hydrogen) atoms. The molecule has 2 aromatic rings. The van der Waals surface area contributed by atoms with Crippen LogP contribution in [-0.4, -0.2) is 37.9 Å². The number of ketones is 1. The van der Waals surface area contributed by atoms with Crippen molar-refractivity contribution in [2.24, 2.45) is 5.92 Å². The van der Waals surface area contributed by atoms with Gasteiger partial charge in [0.1, 0.15) is 5.75 Å². The first-order valence-electron chi connectivity index (χ1n) is 8.38. The van der Waals surface area contributed by atoms with Gasteiger partial charge in [0.15, 0.2) is 12.4 Å². The fraction of sp³-hybridized carbons (Fsp3) is 0.250. The number of hydrogen-bond acceptors (Lipinski definition) is 5. The second kappa shape index (κ2) is 8.22. The number of halogens is 1. The van der Waals surface area contributed by atoms with Crippen molar-refractivity contribution in [1.82, 2.24) is 0 Å². The number of benzene rings is 2. The molecule has 0 spiro atoms. The van der Waals surface area contributed by atoms with E-state index < -0.39 is 11.9 Å². The summed E-state index contributed by atoms with van der Waals surface area (Å²) in [6.45, 7) is -0.206. The van der Waals surface area contributed by atoms with E-state index >= 15 is 0 Å². The minimum Gasteiger partial charge on any atom is -0.495 e. The summed E-state index contributed by atoms with van der Waals surface area (Å²) < 4.78 is 10.4. The highest BCUT2D eigenvalue weighted by atomic mass is 35.5. The molecule has 3 rings (SSSR count). The second-order valence-corrected chi connectivity index (χ2v) is 6.55. The van der Waals surface area contributed by atoms with Gasteiger partial charge in [0.25, 0.3) is 0 Å². The lowest BCUT2D eigenvalue weighted by atomic mass is 10.1. The Morgan fingerprint density at radius 1 is 1.19 bits per heavy atom. The maximum absolute atomic E-state index is 12.4. The number of anilines is 1. The summed E-state index contributed by atoms with van der Waals surface area (Å²) in [5.74, 6) is -1.25. The van der Waals surface area contributed by atoms with Crippen LogP contribution in [0.5, 0.6) is 5.75 Å². The predicted octanol–water partition coefficient (Wildman–Crippen LogP) is 3.13. The smallest absolute Gasteiger partial charge is 0.311 e. The summed E-state index contributed by atoms with van der Waals surface area (Å²) in [5.41, 5.74) is 0.976. The topological polar surface area (TPSA) is 72.9 Å². The third kappa shape index (κ3) is 4.28. The normalized spacial score (nSPS) is 16.3. The van der Waals surface area contributed by atoms with E-state index in [1.807, 2.05) is 0 Å². The van der Waals surface area contributed by atoms with Crippen LogP contribution in [0.3, 0.4) is 0 Å². The van der Waals surface area contributed by atoms with E-state index in [9.17, 15) is 14.4 Å². The van der Waals surface area contributed by atoms with Crippen LogP contribution in [0.2, 0.25) is 5.02 Å². The number of ether oxygens (including phenoxy) is 2. The van der Waals surface area contributed by atoms with Crippen LogP contribution in [0.4, 0.5) is 5.69 Å². The van der Waals surface area contributed by atoms with Crippen molar-refractivity contribution < 1.29 is 23.9 Å². The van der Waals surface area contributed by atoms with Crippen molar-refractivity contribution in [3.05, 3.63) is 59.1 Å². The number of amides is 1. The van der Waals surface area contributed by atoms with Crippen LogP contribution >= 0.6 is 11.6 Å². The van der Waals surface area contributed by atoms with E-state index in [0.717, 1.165) is 0 Å². The molecule has 1 amide bonds. The number of Topliss-reactive ketones (excluding diaryl/α,β-unsaturated/α-hetero) is 1. The van der Waals surface area contributed by atoms with Crippen molar-refractivity contribution in [1.29, 1.82) is 0 Å². The van der Waals surface area contributed by atoms with Gasteiger partial charge in [-0.1, -0.05) is 41.9 Å². The van der Waals surface area contributed by atoms with E-state index in [2.05, 4.69) is 0 Å². The summed E-state index contributed by atoms with van der Waals surface area (Å²) in [5, 5.41) is 0.457. The molecule has 0 N–H and O–H groups in total. The van der Waals surface area contributed by atoms with E-state index in [4.69, 9.17) is 21.1 Å². The number of rotatable bonds is 6. The lowest BCUT2D eigenvalue weighted by molar-refractivity contribution is -0.147. The van der Waals surface area contributed by atoms with E-state index in [1.165, 1.54) is 12.0 Å². The molecule has 0 saturated carbocycles. The summed E-state index contributed by atoms with van der Waals surface area (Å²) in [4.78, 5) is 38.2. The molecule has 0 aliphatic carbocycles. The molecule has 0 radical (unpaired) electrons. The van der Waals surface area contributed by atoms with Gasteiger partial charge in [0, 0.05) is 23.6 Å². The zero-order valence-electron chi connectivity index (χ0n) is 14.7. The number of carbonyl (C=O) groups is 3. The van der Waals surface area contributed by atoms with Crippen molar-refractivity contribution in [3.63, 3.8) is 0 Å². The maximum Gasteiger partial charge on any atom is 0.311 e. The standard InChI is InChI=1S/C20H18ClNO5/c1-26-18-8-7-15(21)10-16(18)22-11-14(9-19(22)24)20(25)27-12-17(23)13-5-3-2-4-6-13/h2-8,10,14H,9,11-12H2,1H3/t14-/m0/s1. The molecule has 1 saturated heterocycles. The quantitative estimate of drug-likeness (QED) is 0.562. The van der Waals surface area contributed by atoms with Gasteiger partial charge in [0.05, 0.1) is 18.7 Å². The molecule has 0 bridgehead atoms. The molecular formula is C20H18ClNO5. The second-order valence-electron chi connectivity index (χ2n) is 6.12. The SMILES string of the molecule is COc1ccc(Cl)cc1N1C[C@@H](C(=O)OCC(=O)c2ccccc2)CC1=O. The molecule has 1 heterocycles. The van der Waals surface area contributed by atoms with Crippen molar-refractivity contribution in [2.75, 3.05) is 25.2 Å². The Labute approximate surface area is 161 Å². The van der Waals surface area contributed by atoms with Crippen LogP contribution in [-0.2, 0) is 14.3 Å². The van der Waals surface area contributed by atoms with Crippen LogP contribution in [0.25, 0.3) is 0 Å². The first-order chi connectivity index (χ1) is 13.0. The van der Waals surface area contributed by atoms with Gasteiger partial charge < -0.3 is 14.4 Å². The highest BCUT2D eigenvalue weighted by Gasteiger charge is 2.37. The Morgan fingerprint density at radius 3 is 2.63 bits per heavy atom. The number of nitrogens with zero attached hydrogens (tertiary/aromatic N) is 1. The highest BCUT2D eigenvalue weighted by Crippen LogP contribution is 2.35. The van der Waals surface area contributed by atoms with Crippen LogP contribution in [0.15, 0.2) is 48.5 Å². The van der Waals surface area contributed by atoms with Gasteiger partial charge in [-0.3, -0.25) is 14.4 Å². The molecule has 1 fully saturated rings. The Hall–Kier alpha value is -2.86. The maximum atomic E-state index is 12.4. The lowest BCUT2D eigenvalue weighted by Crippen LogP contribution is -2.27. The predicted molar refractivity (Wildman–Crippen MR) is 100 cm³/mol. The highest BCUT2D eigenvalue weighted by molar-refractivity contribution is 6.31. The minimum atomic E-state index is -0.648. The van der Waals surface area contributed by atoms with E-state index in [-0.39, 0.29) is 31.3 Å². The van der Waals surface area contributed by atoms with Crippen molar-refractivity contribution in [2.45, 2.75) is 6.42 Å². The van der Waals surface area contributed by atoms with Crippen molar-refractivity contribution in [3.8, 4) is 5.75 Å². The van der Waals surface area contributed by atoms with Gasteiger partial charge in [-0.05, 0) is 18.2 Å². The van der Waals surface area contributed by atoms with Crippen LogP contribution in [0.1, 0.15) is 16.8 Å². The summed E-state index contributed by atoms with van der Waals surface area (Å²) in [7, 11) is 1.49. The minimum absolute atomic E-state index is 0.00796. The number of methoxy groups -OCH3 is 1. The molecule has 1 aliphatic heterocycles. The average molecular weight is 388 g/mol. The molecule has 2 aromatic carbocycles. The first-order valence-corrected chi connectivity index (χ1v) is 8.76. The molecule has 0 unspecified atom stereocenters. The third-order valence-electron chi connectivity index (χ3n) is 4.33. The van der Waals surface area contributed by atoms with E-state index in [1.54, 1.807) is 48.5 Å². The van der Waals surface area contributed by atoms with Crippen molar-refractivity contribution >= 4 is 34.9 Å². The van der Waals surface area contributed by atoms with E-state index in [0.29, 0.717) is 22.0 Å². The molecule has 7 heteroatoms. The Morgan fingerprint density at radius 2 is 1.93 bits per heavy atom. The third-order valence-corrected chi connectivity index (χ3v) is 4.57. The monoisotopic (exact) mass is 387 g/mol. The number of esters is 1. The summed E-state index contributed by atoms with van der Waals surface area (Å²) in [6, 6.07) is 13.5. The molecule has 1 aliphatic rings. The average Bonchev–Trinajstić information content (AvgIpc) is 3.08. The lowest BCUT2D eigenvalue weighted by Gasteiger charge is -2.19. The molecule has 6 nitrogen and oxygen atoms in total. The van der Waals surface area contributed by atoms with Crippen LogP contribution in [0, 0.1) is 5.92 Å². The Kier molecular flexibility index (Phi) is 5.76. The van der Waals surface area contributed by atoms with Gasteiger partial charge in [0.2, 0.25) is 5.91 Å². The summed E-state index contributed by atoms with van der Waals surface area (Å²) in [6.07, 6.45) is 0.00796. The molecule has 140 valence electrons. The van der Waals surface area contributed by atoms with Gasteiger partial charge in [-0.15, -0.1) is 0 Å². The fourth-order valence-corrected chi connectivity index (χ4v) is 3.10. The van der Waals surface area contributed by atoms with Gasteiger partial charge in [-0.25, -0.2) is 0 Å². The largest absolute Gasteiger partial charge is 0.495 e. The first kappa shape index (κ1) is 18.9.